The molecule has 5 heteroatoms. The molecule has 4 aliphatic heterocycles. The van der Waals surface area contributed by atoms with Gasteiger partial charge in [0.2, 0.25) is 0 Å². The molecule has 274 valence electrons. The molecule has 0 aromatic heterocycles. The second-order valence-electron chi connectivity index (χ2n) is 17.4. The maximum atomic E-state index is 7.84. The van der Waals surface area contributed by atoms with E-state index >= 15 is 0 Å². The fourth-order valence-corrected chi connectivity index (χ4v) is 16.0. The number of unbranched alkanes of at least 4 members (excludes halogenated alkanes) is 2. The Bertz CT molecular complexity index is 1520. The second kappa shape index (κ2) is 15.5. The molecule has 7 rings (SSSR count). The van der Waals surface area contributed by atoms with Gasteiger partial charge in [0, 0.05) is 49.4 Å². The Morgan fingerprint density at radius 2 is 1.71 bits per heavy atom. The van der Waals surface area contributed by atoms with Crippen LogP contribution in [0.3, 0.4) is 0 Å². The van der Waals surface area contributed by atoms with Gasteiger partial charge in [-0.2, -0.15) is 0 Å². The van der Waals surface area contributed by atoms with Gasteiger partial charge in [0.05, 0.1) is 6.10 Å². The molecule has 0 amide bonds. The largest absolute Gasteiger partial charge is 0.407 e. The molecule has 2 aromatic carbocycles. The predicted molar refractivity (Wildman–Crippen MR) is 215 cm³/mol. The lowest BCUT2D eigenvalue weighted by Gasteiger charge is -2.57. The van der Waals surface area contributed by atoms with Crippen molar-refractivity contribution in [2.45, 2.75) is 127 Å². The van der Waals surface area contributed by atoms with E-state index in [-0.39, 0.29) is 22.2 Å². The van der Waals surface area contributed by atoms with Crippen LogP contribution in [0, 0.1) is 29.1 Å². The summed E-state index contributed by atoms with van der Waals surface area (Å²) < 4.78 is 15.2. The number of fused-ring (bicyclic) bond motifs is 1. The highest BCUT2D eigenvalue weighted by Crippen LogP contribution is 2.69. The van der Waals surface area contributed by atoms with Crippen molar-refractivity contribution in [1.29, 1.82) is 0 Å². The zero-order chi connectivity index (χ0) is 35.5. The Hall–Kier alpha value is -2.46. The highest BCUT2D eigenvalue weighted by Gasteiger charge is 2.79. The zero-order valence-corrected chi connectivity index (χ0v) is 33.1. The van der Waals surface area contributed by atoms with Gasteiger partial charge in [0.1, 0.15) is 5.60 Å². The summed E-state index contributed by atoms with van der Waals surface area (Å²) in [6, 6.07) is 23.4. The first-order valence-electron chi connectivity index (χ1n) is 20.4. The molecule has 3 saturated heterocycles. The minimum Gasteiger partial charge on any atom is -0.407 e. The van der Waals surface area contributed by atoms with Crippen molar-refractivity contribution in [2.24, 2.45) is 17.3 Å². The van der Waals surface area contributed by atoms with Gasteiger partial charge >= 0.3 is 0 Å². The summed E-state index contributed by atoms with van der Waals surface area (Å²) in [5, 5.41) is 2.69. The van der Waals surface area contributed by atoms with E-state index in [1.807, 2.05) is 0 Å². The third-order valence-electron chi connectivity index (χ3n) is 13.4. The van der Waals surface area contributed by atoms with Crippen LogP contribution >= 0.6 is 0 Å². The average Bonchev–Trinajstić information content (AvgIpc) is 3.77. The molecule has 2 spiro atoms. The van der Waals surface area contributed by atoms with Crippen molar-refractivity contribution in [3.63, 3.8) is 0 Å². The summed E-state index contributed by atoms with van der Waals surface area (Å²) in [5.41, 5.74) is 0.0162. The van der Waals surface area contributed by atoms with Crippen molar-refractivity contribution in [3.8, 4) is 11.8 Å². The van der Waals surface area contributed by atoms with Crippen LogP contribution in [-0.4, -0.2) is 74.7 Å². The van der Waals surface area contributed by atoms with Crippen molar-refractivity contribution >= 4 is 18.7 Å². The Kier molecular flexibility index (Phi) is 11.2. The standard InChI is InChI=1S/C46H64N2O2Si/c1-6-8-10-23-32-48-37(24-9-7-2)34-45-36-47-31-22-14-12-11-13-21-30-46(43(45)48)42(50-46)40(41(45)29-33-47)35-49-51(44(3,4)5,38-25-17-15-18-26-38)39-27-19-16-20-28-39/h6,9,15-20,24-28,37,40-43H,1,7-8,10,12,14,21-23,29-36H2,2-5H3/b24-9+/t37-,40+,41-,42-,43+,45-,46-/m0/s1. The van der Waals surface area contributed by atoms with Gasteiger partial charge in [-0.3, -0.25) is 4.90 Å². The Morgan fingerprint density at radius 3 is 2.39 bits per heavy atom. The van der Waals surface area contributed by atoms with Crippen LogP contribution in [-0.2, 0) is 9.16 Å². The normalized spacial score (nSPS) is 33.6. The second-order valence-corrected chi connectivity index (χ2v) is 21.7. The van der Waals surface area contributed by atoms with Crippen LogP contribution in [0.5, 0.6) is 0 Å². The summed E-state index contributed by atoms with van der Waals surface area (Å²) in [6.07, 6.45) is 19.9. The minimum absolute atomic E-state index is 0.0497. The summed E-state index contributed by atoms with van der Waals surface area (Å²) in [7, 11) is -2.70. The smallest absolute Gasteiger partial charge is 0.261 e. The third-order valence-corrected chi connectivity index (χ3v) is 18.4. The lowest BCUT2D eigenvalue weighted by atomic mass is 9.53. The first-order valence-corrected chi connectivity index (χ1v) is 22.4. The first kappa shape index (κ1) is 36.9. The van der Waals surface area contributed by atoms with Crippen molar-refractivity contribution in [2.75, 3.05) is 32.8 Å². The van der Waals surface area contributed by atoms with E-state index < -0.39 is 8.32 Å². The van der Waals surface area contributed by atoms with Crippen molar-refractivity contribution < 1.29 is 9.16 Å². The van der Waals surface area contributed by atoms with Crippen LogP contribution in [0.2, 0.25) is 5.04 Å². The molecule has 1 unspecified atom stereocenters. The van der Waals surface area contributed by atoms with Gasteiger partial charge in [-0.15, -0.1) is 18.4 Å². The summed E-state index contributed by atoms with van der Waals surface area (Å²) in [6.45, 7) is 19.0. The fraction of sp³-hybridized carbons (Fsp3) is 0.609. The van der Waals surface area contributed by atoms with E-state index in [1.165, 1.54) is 68.5 Å². The molecule has 0 N–H and O–H groups in total. The maximum absolute atomic E-state index is 7.84. The number of hydrogen-bond donors (Lipinski definition) is 0. The fourth-order valence-electron chi connectivity index (χ4n) is 11.4. The SMILES string of the molecule is C=CCCCCN1[C@@H]2[C@@]3(C[C@@H]1/C=C/CC)CN1CCCCC#CCC[C@@]24O[C@H]4[C@H](CO[Si](c2ccccc2)(c2ccccc2)C(C)(C)C)[C@@H]3CC1. The van der Waals surface area contributed by atoms with Gasteiger partial charge in [-0.25, -0.2) is 0 Å². The third kappa shape index (κ3) is 6.78. The van der Waals surface area contributed by atoms with E-state index in [1.54, 1.807) is 0 Å². The number of allylic oxidation sites excluding steroid dienone is 2. The van der Waals surface area contributed by atoms with Crippen LogP contribution in [0.15, 0.2) is 85.5 Å². The molecule has 4 heterocycles. The number of ether oxygens (including phenoxy) is 1. The number of piperidine rings is 1. The van der Waals surface area contributed by atoms with Crippen LogP contribution < -0.4 is 10.4 Å². The van der Waals surface area contributed by atoms with E-state index in [0.717, 1.165) is 45.3 Å². The van der Waals surface area contributed by atoms with Crippen LogP contribution in [0.25, 0.3) is 0 Å². The van der Waals surface area contributed by atoms with Crippen LogP contribution in [0.1, 0.15) is 98.3 Å². The molecular formula is C46H64N2O2Si. The number of benzene rings is 2. The topological polar surface area (TPSA) is 28.2 Å². The minimum atomic E-state index is -2.70. The monoisotopic (exact) mass is 704 g/mol. The quantitative estimate of drug-likeness (QED) is 0.0730. The molecule has 51 heavy (non-hydrogen) atoms. The molecule has 3 bridgehead atoms. The van der Waals surface area contributed by atoms with Gasteiger partial charge in [0.15, 0.2) is 0 Å². The van der Waals surface area contributed by atoms with Gasteiger partial charge in [0.25, 0.3) is 8.32 Å². The maximum Gasteiger partial charge on any atom is 0.261 e. The number of hydrogen-bond acceptors (Lipinski definition) is 4. The van der Waals surface area contributed by atoms with Gasteiger partial charge in [-0.05, 0) is 98.8 Å². The number of epoxide rings is 1. The molecule has 2 aromatic rings. The molecular weight excluding hydrogens is 641 g/mol. The van der Waals surface area contributed by atoms with E-state index in [0.29, 0.717) is 23.9 Å². The number of likely N-dealkylation sites (tertiary alicyclic amines) is 1. The molecule has 5 aliphatic rings. The van der Waals surface area contributed by atoms with Crippen molar-refractivity contribution in [3.05, 3.63) is 85.5 Å². The van der Waals surface area contributed by atoms with E-state index in [4.69, 9.17) is 9.16 Å². The molecule has 8 atom stereocenters. The lowest BCUT2D eigenvalue weighted by Crippen LogP contribution is -2.69. The molecule has 4 nitrogen and oxygen atoms in total. The molecule has 0 radical (unpaired) electrons. The number of rotatable bonds is 12. The number of nitrogens with zero attached hydrogens (tertiary/aromatic N) is 2. The van der Waals surface area contributed by atoms with Gasteiger partial charge < -0.3 is 14.1 Å². The Labute approximate surface area is 311 Å². The first-order chi connectivity index (χ1) is 24.8. The van der Waals surface area contributed by atoms with Gasteiger partial charge in [-0.1, -0.05) is 107 Å². The van der Waals surface area contributed by atoms with E-state index in [2.05, 4.69) is 135 Å². The van der Waals surface area contributed by atoms with Crippen LogP contribution in [0.4, 0.5) is 0 Å². The summed E-state index contributed by atoms with van der Waals surface area (Å²) in [4.78, 5) is 5.81. The highest BCUT2D eigenvalue weighted by molar-refractivity contribution is 6.99. The zero-order valence-electron chi connectivity index (χ0n) is 32.1. The molecule has 1 saturated carbocycles. The highest BCUT2D eigenvalue weighted by atomic mass is 28.4. The van der Waals surface area contributed by atoms with Crippen molar-refractivity contribution in [1.82, 2.24) is 9.80 Å². The predicted octanol–water partition coefficient (Wildman–Crippen LogP) is 8.37. The lowest BCUT2D eigenvalue weighted by molar-refractivity contribution is -0.0770. The average molecular weight is 705 g/mol. The molecule has 4 fully saturated rings. The van der Waals surface area contributed by atoms with E-state index in [9.17, 15) is 0 Å². The Morgan fingerprint density at radius 1 is 0.980 bits per heavy atom. The summed E-state index contributed by atoms with van der Waals surface area (Å²) in [5.74, 6) is 8.15. The molecule has 1 aliphatic carbocycles. The summed E-state index contributed by atoms with van der Waals surface area (Å²) >= 11 is 0. The Balaban J connectivity index is 1.32.